The zero-order chi connectivity index (χ0) is 17.8. The summed E-state index contributed by atoms with van der Waals surface area (Å²) in [6, 6.07) is 5.96. The van der Waals surface area contributed by atoms with Gasteiger partial charge in [0.1, 0.15) is 6.54 Å². The SMILES string of the molecule is O=C(Cn1cccc1)N1CCN(c2cc(N3CCOCC3)cnn2)CC1. The maximum Gasteiger partial charge on any atom is 0.242 e. The van der Waals surface area contributed by atoms with Crippen molar-refractivity contribution in [3.05, 3.63) is 36.8 Å². The second kappa shape index (κ2) is 7.74. The summed E-state index contributed by atoms with van der Waals surface area (Å²) < 4.78 is 7.32. The third-order valence-corrected chi connectivity index (χ3v) is 4.94. The van der Waals surface area contributed by atoms with Gasteiger partial charge in [0.05, 0.1) is 25.1 Å². The molecule has 1 amide bonds. The van der Waals surface area contributed by atoms with Gasteiger partial charge in [0.2, 0.25) is 5.91 Å². The smallest absolute Gasteiger partial charge is 0.242 e. The van der Waals surface area contributed by atoms with Crippen LogP contribution in [0.15, 0.2) is 36.8 Å². The van der Waals surface area contributed by atoms with Crippen LogP contribution in [0.3, 0.4) is 0 Å². The largest absolute Gasteiger partial charge is 0.378 e. The van der Waals surface area contributed by atoms with Gasteiger partial charge in [-0.2, -0.15) is 5.10 Å². The van der Waals surface area contributed by atoms with Crippen LogP contribution in [-0.4, -0.2) is 78.1 Å². The molecule has 0 aliphatic carbocycles. The fourth-order valence-electron chi connectivity index (χ4n) is 3.41. The zero-order valence-electron chi connectivity index (χ0n) is 14.8. The standard InChI is InChI=1S/C18H24N6O2/c25-18(15-21-3-1-2-4-21)24-7-5-23(6-8-24)17-13-16(14-19-20-17)22-9-11-26-12-10-22/h1-4,13-14H,5-12,15H2. The fourth-order valence-corrected chi connectivity index (χ4v) is 3.41. The normalized spacial score (nSPS) is 18.2. The number of hydrogen-bond acceptors (Lipinski definition) is 6. The minimum Gasteiger partial charge on any atom is -0.378 e. The zero-order valence-corrected chi connectivity index (χ0v) is 14.8. The number of ether oxygens (including phenoxy) is 1. The molecule has 0 unspecified atom stereocenters. The molecule has 4 rings (SSSR count). The van der Waals surface area contributed by atoms with E-state index in [-0.39, 0.29) is 5.91 Å². The highest BCUT2D eigenvalue weighted by atomic mass is 16.5. The quantitative estimate of drug-likeness (QED) is 0.793. The van der Waals surface area contributed by atoms with Crippen LogP contribution in [-0.2, 0) is 16.1 Å². The summed E-state index contributed by atoms with van der Waals surface area (Å²) in [4.78, 5) is 18.8. The Morgan fingerprint density at radius 2 is 1.73 bits per heavy atom. The van der Waals surface area contributed by atoms with E-state index < -0.39 is 0 Å². The lowest BCUT2D eigenvalue weighted by atomic mass is 10.3. The summed E-state index contributed by atoms with van der Waals surface area (Å²) >= 11 is 0. The first kappa shape index (κ1) is 16.8. The first-order valence-electron chi connectivity index (χ1n) is 9.08. The minimum absolute atomic E-state index is 0.161. The average molecular weight is 356 g/mol. The van der Waals surface area contributed by atoms with E-state index >= 15 is 0 Å². The maximum atomic E-state index is 12.4. The molecular weight excluding hydrogens is 332 g/mol. The van der Waals surface area contributed by atoms with E-state index in [4.69, 9.17) is 4.74 Å². The highest BCUT2D eigenvalue weighted by Gasteiger charge is 2.23. The van der Waals surface area contributed by atoms with E-state index in [1.807, 2.05) is 40.2 Å². The fraction of sp³-hybridized carbons (Fsp3) is 0.500. The van der Waals surface area contributed by atoms with Crippen LogP contribution in [0.2, 0.25) is 0 Å². The lowest BCUT2D eigenvalue weighted by Crippen LogP contribution is -2.50. The van der Waals surface area contributed by atoms with Crippen molar-refractivity contribution >= 4 is 17.4 Å². The Balaban J connectivity index is 1.35. The first-order chi connectivity index (χ1) is 12.8. The van der Waals surface area contributed by atoms with Crippen molar-refractivity contribution < 1.29 is 9.53 Å². The molecule has 2 aromatic rings. The van der Waals surface area contributed by atoms with Gasteiger partial charge in [-0.15, -0.1) is 5.10 Å². The molecule has 8 nitrogen and oxygen atoms in total. The predicted octanol–water partition coefficient (Wildman–Crippen LogP) is 0.464. The molecule has 2 aromatic heterocycles. The topological polar surface area (TPSA) is 66.7 Å². The van der Waals surface area contributed by atoms with E-state index in [1.165, 1.54) is 0 Å². The average Bonchev–Trinajstić information content (AvgIpc) is 3.22. The van der Waals surface area contributed by atoms with Gasteiger partial charge in [0.25, 0.3) is 0 Å². The molecule has 138 valence electrons. The number of nitrogens with zero attached hydrogens (tertiary/aromatic N) is 6. The van der Waals surface area contributed by atoms with Crippen LogP contribution in [0.25, 0.3) is 0 Å². The summed E-state index contributed by atoms with van der Waals surface area (Å²) in [5.74, 6) is 1.04. The van der Waals surface area contributed by atoms with Crippen LogP contribution in [0.4, 0.5) is 11.5 Å². The van der Waals surface area contributed by atoms with Crippen LogP contribution in [0, 0.1) is 0 Å². The third-order valence-electron chi connectivity index (χ3n) is 4.94. The Morgan fingerprint density at radius 1 is 1.00 bits per heavy atom. The molecule has 0 bridgehead atoms. The Bertz CT molecular complexity index is 721. The molecule has 2 fully saturated rings. The summed E-state index contributed by atoms with van der Waals surface area (Å²) in [6.07, 6.45) is 5.65. The number of aromatic nitrogens is 3. The Labute approximate surface area is 153 Å². The number of piperazine rings is 1. The number of rotatable bonds is 4. The number of hydrogen-bond donors (Lipinski definition) is 0. The molecular formula is C18H24N6O2. The van der Waals surface area contributed by atoms with Crippen molar-refractivity contribution in [3.63, 3.8) is 0 Å². The summed E-state index contributed by atoms with van der Waals surface area (Å²) in [6.45, 7) is 6.64. The number of carbonyl (C=O) groups is 1. The summed E-state index contributed by atoms with van der Waals surface area (Å²) in [5, 5.41) is 8.48. The molecule has 2 aliphatic heterocycles. The van der Waals surface area contributed by atoms with Crippen molar-refractivity contribution in [2.75, 3.05) is 62.3 Å². The van der Waals surface area contributed by atoms with E-state index in [1.54, 1.807) is 0 Å². The number of carbonyl (C=O) groups excluding carboxylic acids is 1. The van der Waals surface area contributed by atoms with E-state index in [0.717, 1.165) is 50.9 Å². The van der Waals surface area contributed by atoms with Crippen LogP contribution >= 0.6 is 0 Å². The molecule has 0 N–H and O–H groups in total. The monoisotopic (exact) mass is 356 g/mol. The van der Waals surface area contributed by atoms with Gasteiger partial charge in [-0.25, -0.2) is 0 Å². The Kier molecular flexibility index (Phi) is 5.01. The number of morpholine rings is 1. The van der Waals surface area contributed by atoms with Crippen LogP contribution in [0.5, 0.6) is 0 Å². The van der Waals surface area contributed by atoms with Gasteiger partial charge in [-0.1, -0.05) is 0 Å². The highest BCUT2D eigenvalue weighted by Crippen LogP contribution is 2.21. The molecule has 0 spiro atoms. The van der Waals surface area contributed by atoms with Gasteiger partial charge >= 0.3 is 0 Å². The lowest BCUT2D eigenvalue weighted by Gasteiger charge is -2.36. The van der Waals surface area contributed by atoms with Gasteiger partial charge in [0.15, 0.2) is 5.82 Å². The van der Waals surface area contributed by atoms with Crippen LogP contribution in [0.1, 0.15) is 0 Å². The Hall–Kier alpha value is -2.61. The molecule has 0 saturated carbocycles. The molecule has 26 heavy (non-hydrogen) atoms. The highest BCUT2D eigenvalue weighted by molar-refractivity contribution is 5.76. The van der Waals surface area contributed by atoms with Gasteiger partial charge in [-0.05, 0) is 12.1 Å². The Morgan fingerprint density at radius 3 is 2.46 bits per heavy atom. The van der Waals surface area contributed by atoms with Gasteiger partial charge in [0, 0.05) is 57.7 Å². The molecule has 8 heteroatoms. The van der Waals surface area contributed by atoms with E-state index in [9.17, 15) is 4.79 Å². The van der Waals surface area contributed by atoms with Crippen molar-refractivity contribution in [3.8, 4) is 0 Å². The second-order valence-electron chi connectivity index (χ2n) is 6.59. The third kappa shape index (κ3) is 3.80. The van der Waals surface area contributed by atoms with Crippen LogP contribution < -0.4 is 9.80 Å². The summed E-state index contributed by atoms with van der Waals surface area (Å²) in [5.41, 5.74) is 1.09. The molecule has 4 heterocycles. The van der Waals surface area contributed by atoms with Crippen molar-refractivity contribution in [1.29, 1.82) is 0 Å². The minimum atomic E-state index is 0.161. The number of amides is 1. The second-order valence-corrected chi connectivity index (χ2v) is 6.59. The molecule has 2 aliphatic rings. The molecule has 0 radical (unpaired) electrons. The van der Waals surface area contributed by atoms with Crippen molar-refractivity contribution in [2.45, 2.75) is 6.54 Å². The van der Waals surface area contributed by atoms with Crippen molar-refractivity contribution in [2.24, 2.45) is 0 Å². The van der Waals surface area contributed by atoms with Gasteiger partial charge < -0.3 is 24.0 Å². The molecule has 0 atom stereocenters. The molecule has 2 saturated heterocycles. The molecule has 0 aromatic carbocycles. The summed E-state index contributed by atoms with van der Waals surface area (Å²) in [7, 11) is 0. The van der Waals surface area contributed by atoms with E-state index in [2.05, 4.69) is 26.1 Å². The number of anilines is 2. The first-order valence-corrected chi connectivity index (χ1v) is 9.08. The van der Waals surface area contributed by atoms with Crippen molar-refractivity contribution in [1.82, 2.24) is 19.7 Å². The maximum absolute atomic E-state index is 12.4. The predicted molar refractivity (Wildman–Crippen MR) is 98.3 cm³/mol. The van der Waals surface area contributed by atoms with E-state index in [0.29, 0.717) is 19.6 Å². The lowest BCUT2D eigenvalue weighted by molar-refractivity contribution is -0.132. The van der Waals surface area contributed by atoms with Gasteiger partial charge in [-0.3, -0.25) is 4.79 Å².